The van der Waals surface area contributed by atoms with Crippen molar-refractivity contribution in [1.29, 1.82) is 0 Å². The Bertz CT molecular complexity index is 741. The van der Waals surface area contributed by atoms with Gasteiger partial charge in [-0.3, -0.25) is 4.79 Å². The number of hydrogen-bond acceptors (Lipinski definition) is 3. The molecule has 0 aromatic heterocycles. The molecule has 1 aliphatic rings. The first-order valence-electron chi connectivity index (χ1n) is 7.01. The van der Waals surface area contributed by atoms with Crippen molar-refractivity contribution in [2.45, 2.75) is 18.4 Å². The van der Waals surface area contributed by atoms with Crippen LogP contribution in [0.4, 0.5) is 0 Å². The maximum atomic E-state index is 11.1. The average molecular weight is 350 g/mol. The summed E-state index contributed by atoms with van der Waals surface area (Å²) in [6.45, 7) is 0. The van der Waals surface area contributed by atoms with E-state index in [0.717, 1.165) is 11.1 Å². The van der Waals surface area contributed by atoms with Crippen molar-refractivity contribution in [3.05, 3.63) is 69.7 Å². The molecule has 2 aromatic carbocycles. The summed E-state index contributed by atoms with van der Waals surface area (Å²) in [5, 5.41) is 14.5. The van der Waals surface area contributed by atoms with Crippen LogP contribution in [-0.4, -0.2) is 22.9 Å². The highest BCUT2D eigenvalue weighted by molar-refractivity contribution is 6.31. The third kappa shape index (κ3) is 3.49. The predicted octanol–water partition coefficient (Wildman–Crippen LogP) is 4.35. The molecule has 2 aromatic rings. The summed E-state index contributed by atoms with van der Waals surface area (Å²) in [5.74, 6) is -1.20. The Balaban J connectivity index is 1.98. The number of benzene rings is 2. The third-order valence-corrected chi connectivity index (χ3v) is 4.20. The summed E-state index contributed by atoms with van der Waals surface area (Å²) in [6.07, 6.45) is -0.687. The van der Waals surface area contributed by atoms with Crippen molar-refractivity contribution >= 4 is 34.9 Å². The highest BCUT2D eigenvalue weighted by atomic mass is 35.5. The molecular weight excluding hydrogens is 337 g/mol. The van der Waals surface area contributed by atoms with Gasteiger partial charge >= 0.3 is 5.97 Å². The average Bonchev–Trinajstić information content (AvgIpc) is 2.92. The maximum Gasteiger partial charge on any atom is 0.307 e. The number of carboxylic acids is 1. The zero-order valence-corrected chi connectivity index (χ0v) is 13.5. The van der Waals surface area contributed by atoms with E-state index < -0.39 is 12.1 Å². The molecule has 0 aliphatic carbocycles. The number of carbonyl (C=O) groups is 1. The van der Waals surface area contributed by atoms with Crippen LogP contribution in [0.3, 0.4) is 0 Å². The largest absolute Gasteiger partial charge is 0.481 e. The Morgan fingerprint density at radius 2 is 1.61 bits per heavy atom. The molecule has 2 unspecified atom stereocenters. The van der Waals surface area contributed by atoms with Crippen molar-refractivity contribution in [1.82, 2.24) is 0 Å². The van der Waals surface area contributed by atoms with E-state index in [-0.39, 0.29) is 12.3 Å². The molecule has 0 bridgehead atoms. The lowest BCUT2D eigenvalue weighted by Gasteiger charge is -2.18. The number of aliphatic carboxylic acids is 1. The van der Waals surface area contributed by atoms with Crippen LogP contribution in [-0.2, 0) is 9.63 Å². The van der Waals surface area contributed by atoms with Crippen LogP contribution in [0, 0.1) is 0 Å². The summed E-state index contributed by atoms with van der Waals surface area (Å²) in [7, 11) is 0. The monoisotopic (exact) mass is 349 g/mol. The molecule has 0 spiro atoms. The van der Waals surface area contributed by atoms with Gasteiger partial charge in [0, 0.05) is 15.6 Å². The molecule has 0 radical (unpaired) electrons. The molecular formula is C17H13Cl2NO3. The first kappa shape index (κ1) is 15.8. The van der Waals surface area contributed by atoms with Gasteiger partial charge in [0.2, 0.25) is 0 Å². The molecule has 0 fully saturated rings. The van der Waals surface area contributed by atoms with E-state index in [1.165, 1.54) is 0 Å². The smallest absolute Gasteiger partial charge is 0.307 e. The van der Waals surface area contributed by atoms with Gasteiger partial charge in [-0.05, 0) is 29.8 Å². The van der Waals surface area contributed by atoms with E-state index >= 15 is 0 Å². The fourth-order valence-electron chi connectivity index (χ4n) is 2.64. The number of hydrogen-bond donors (Lipinski definition) is 1. The molecule has 1 N–H and O–H groups in total. The molecule has 2 atom stereocenters. The zero-order valence-electron chi connectivity index (χ0n) is 11.9. The quantitative estimate of drug-likeness (QED) is 0.892. The third-order valence-electron chi connectivity index (χ3n) is 3.70. The number of rotatable bonds is 4. The first-order chi connectivity index (χ1) is 11.0. The van der Waals surface area contributed by atoms with Gasteiger partial charge in [0.15, 0.2) is 6.10 Å². The highest BCUT2D eigenvalue weighted by Crippen LogP contribution is 2.34. The molecule has 4 nitrogen and oxygen atoms in total. The van der Waals surface area contributed by atoms with Crippen molar-refractivity contribution < 1.29 is 14.7 Å². The lowest BCUT2D eigenvalue weighted by Crippen LogP contribution is -2.24. The Labute approximate surface area is 143 Å². The van der Waals surface area contributed by atoms with Crippen LogP contribution in [0.5, 0.6) is 0 Å². The Morgan fingerprint density at radius 3 is 2.17 bits per heavy atom. The van der Waals surface area contributed by atoms with Crippen LogP contribution in [0.1, 0.15) is 23.5 Å². The minimum absolute atomic E-state index is 0.131. The van der Waals surface area contributed by atoms with Crippen molar-refractivity contribution in [3.63, 3.8) is 0 Å². The van der Waals surface area contributed by atoms with E-state index in [9.17, 15) is 4.79 Å². The lowest BCUT2D eigenvalue weighted by atomic mass is 9.85. The van der Waals surface area contributed by atoms with Crippen LogP contribution in [0.2, 0.25) is 10.0 Å². The molecule has 118 valence electrons. The van der Waals surface area contributed by atoms with E-state index in [0.29, 0.717) is 15.8 Å². The minimum Gasteiger partial charge on any atom is -0.481 e. The fraction of sp³-hybridized carbons (Fsp3) is 0.176. The molecule has 6 heteroatoms. The van der Waals surface area contributed by atoms with Gasteiger partial charge < -0.3 is 9.94 Å². The van der Waals surface area contributed by atoms with E-state index in [2.05, 4.69) is 5.16 Å². The Morgan fingerprint density at radius 1 is 1.04 bits per heavy atom. The summed E-state index contributed by atoms with van der Waals surface area (Å²) >= 11 is 11.9. The van der Waals surface area contributed by atoms with Gasteiger partial charge in [-0.2, -0.15) is 0 Å². The van der Waals surface area contributed by atoms with Gasteiger partial charge in [0.25, 0.3) is 0 Å². The summed E-state index contributed by atoms with van der Waals surface area (Å²) < 4.78 is 0. The number of nitrogens with zero attached hydrogens (tertiary/aromatic N) is 1. The second-order valence-corrected chi connectivity index (χ2v) is 6.13. The van der Waals surface area contributed by atoms with Gasteiger partial charge in [0.05, 0.1) is 18.1 Å². The summed E-state index contributed by atoms with van der Waals surface area (Å²) in [6, 6.07) is 14.5. The molecule has 3 rings (SSSR count). The predicted molar refractivity (Wildman–Crippen MR) is 89.3 cm³/mol. The zero-order chi connectivity index (χ0) is 16.4. The number of carboxylic acid groups (broad SMARTS) is 1. The van der Waals surface area contributed by atoms with Gasteiger partial charge in [-0.1, -0.05) is 52.6 Å². The second kappa shape index (κ2) is 6.60. The fourth-order valence-corrected chi connectivity index (χ4v) is 2.89. The topological polar surface area (TPSA) is 58.9 Å². The van der Waals surface area contributed by atoms with Crippen molar-refractivity contribution in [2.24, 2.45) is 5.16 Å². The van der Waals surface area contributed by atoms with E-state index in [4.69, 9.17) is 33.1 Å². The SMILES string of the molecule is O=C(O)CC1ON=C(c2ccc(Cl)cc2)C1c1ccc(Cl)cc1. The summed E-state index contributed by atoms with van der Waals surface area (Å²) in [5.41, 5.74) is 2.45. The van der Waals surface area contributed by atoms with E-state index in [1.807, 2.05) is 24.3 Å². The lowest BCUT2D eigenvalue weighted by molar-refractivity contribution is -0.139. The van der Waals surface area contributed by atoms with Gasteiger partial charge in [0.1, 0.15) is 0 Å². The van der Waals surface area contributed by atoms with Crippen molar-refractivity contribution in [2.75, 3.05) is 0 Å². The normalized spacial score (nSPS) is 20.0. The standard InChI is InChI=1S/C17H13Cl2NO3/c18-12-5-1-10(2-6-12)16-14(9-15(21)22)23-20-17(16)11-3-7-13(19)8-4-11/h1-8,14,16H,9H2,(H,21,22). The Hall–Kier alpha value is -2.04. The first-order valence-corrected chi connectivity index (χ1v) is 7.77. The van der Waals surface area contributed by atoms with Crippen LogP contribution in [0.25, 0.3) is 0 Å². The second-order valence-electron chi connectivity index (χ2n) is 5.25. The Kier molecular flexibility index (Phi) is 4.55. The van der Waals surface area contributed by atoms with Gasteiger partial charge in [-0.25, -0.2) is 0 Å². The van der Waals surface area contributed by atoms with Crippen LogP contribution < -0.4 is 0 Å². The molecule has 1 aliphatic heterocycles. The molecule has 1 heterocycles. The molecule has 0 amide bonds. The van der Waals surface area contributed by atoms with E-state index in [1.54, 1.807) is 24.3 Å². The van der Waals surface area contributed by atoms with Crippen LogP contribution >= 0.6 is 23.2 Å². The number of halogens is 2. The maximum absolute atomic E-state index is 11.1. The molecule has 0 saturated carbocycles. The number of oxime groups is 1. The molecule has 0 saturated heterocycles. The van der Waals surface area contributed by atoms with Crippen molar-refractivity contribution in [3.8, 4) is 0 Å². The van der Waals surface area contributed by atoms with Crippen LogP contribution in [0.15, 0.2) is 53.7 Å². The summed E-state index contributed by atoms with van der Waals surface area (Å²) in [4.78, 5) is 16.5. The van der Waals surface area contributed by atoms with Gasteiger partial charge in [-0.15, -0.1) is 0 Å². The minimum atomic E-state index is -0.929. The molecule has 23 heavy (non-hydrogen) atoms. The highest BCUT2D eigenvalue weighted by Gasteiger charge is 2.37.